The maximum absolute atomic E-state index is 13.3. The van der Waals surface area contributed by atoms with Crippen molar-refractivity contribution in [3.05, 3.63) is 53.2 Å². The van der Waals surface area contributed by atoms with Crippen molar-refractivity contribution in [1.82, 2.24) is 9.88 Å². The largest absolute Gasteiger partial charge is 0.416 e. The first kappa shape index (κ1) is 21.8. The molecule has 2 N–H and O–H groups in total. The number of benzene rings is 1. The predicted octanol–water partition coefficient (Wildman–Crippen LogP) is 3.95. The van der Waals surface area contributed by atoms with Gasteiger partial charge in [-0.1, -0.05) is 12.1 Å². The molecule has 2 aromatic rings. The number of piperazine rings is 1. The van der Waals surface area contributed by atoms with Crippen molar-refractivity contribution >= 4 is 29.8 Å². The molecule has 2 bridgehead atoms. The van der Waals surface area contributed by atoms with Crippen LogP contribution in [-0.2, 0) is 6.18 Å². The van der Waals surface area contributed by atoms with Gasteiger partial charge in [-0.05, 0) is 44.0 Å². The highest BCUT2D eigenvalue weighted by atomic mass is 19.4. The number of pyridine rings is 1. The van der Waals surface area contributed by atoms with E-state index in [0.717, 1.165) is 31.2 Å². The average molecular weight is 444 g/mol. The first-order chi connectivity index (χ1) is 15.3. The molecule has 10 heteroatoms. The number of hydrogen-bond donors (Lipinski definition) is 2. The number of hydrazone groups is 1. The zero-order valence-electron chi connectivity index (χ0n) is 17.4. The Bertz CT molecular complexity index is 1040. The van der Waals surface area contributed by atoms with E-state index < -0.39 is 11.7 Å². The lowest BCUT2D eigenvalue weighted by atomic mass is 10.1. The van der Waals surface area contributed by atoms with E-state index in [0.29, 0.717) is 35.9 Å². The molecule has 3 heterocycles. The summed E-state index contributed by atoms with van der Waals surface area (Å²) in [6, 6.07) is 8.95. The van der Waals surface area contributed by atoms with Gasteiger partial charge in [0, 0.05) is 37.1 Å². The van der Waals surface area contributed by atoms with E-state index >= 15 is 0 Å². The number of para-hydroxylation sites is 1. The van der Waals surface area contributed by atoms with Crippen molar-refractivity contribution < 1.29 is 18.0 Å². The van der Waals surface area contributed by atoms with Gasteiger partial charge in [-0.25, -0.2) is 4.98 Å². The highest BCUT2D eigenvalue weighted by molar-refractivity contribution is 6.14. The molecule has 32 heavy (non-hydrogen) atoms. The highest BCUT2D eigenvalue weighted by Crippen LogP contribution is 2.38. The fourth-order valence-electron chi connectivity index (χ4n) is 4.47. The molecular weight excluding hydrogens is 421 g/mol. The summed E-state index contributed by atoms with van der Waals surface area (Å²) in [5.41, 5.74) is 3.37. The van der Waals surface area contributed by atoms with Gasteiger partial charge in [-0.15, -0.1) is 0 Å². The van der Waals surface area contributed by atoms with Crippen LogP contribution in [0.4, 0.5) is 24.7 Å². The van der Waals surface area contributed by atoms with Crippen molar-refractivity contribution in [3.63, 3.8) is 0 Å². The third-order valence-corrected chi connectivity index (χ3v) is 5.79. The molecule has 168 valence electrons. The number of alkyl halides is 3. The number of nitrogens with zero attached hydrogens (tertiary/aromatic N) is 4. The first-order valence-electron chi connectivity index (χ1n) is 10.3. The van der Waals surface area contributed by atoms with Gasteiger partial charge < -0.3 is 15.2 Å². The van der Waals surface area contributed by atoms with E-state index in [4.69, 9.17) is 5.41 Å². The number of halogens is 3. The number of fused-ring (bicyclic) bond motifs is 2. The fourth-order valence-corrected chi connectivity index (χ4v) is 4.47. The van der Waals surface area contributed by atoms with Crippen LogP contribution in [0.15, 0.2) is 41.5 Å². The first-order valence-corrected chi connectivity index (χ1v) is 10.3. The van der Waals surface area contributed by atoms with Crippen LogP contribution < -0.4 is 10.3 Å². The minimum Gasteiger partial charge on any atom is -0.347 e. The van der Waals surface area contributed by atoms with E-state index in [-0.39, 0.29) is 18.0 Å². The second-order valence-corrected chi connectivity index (χ2v) is 7.96. The van der Waals surface area contributed by atoms with Crippen molar-refractivity contribution in [2.75, 3.05) is 23.4 Å². The molecule has 0 spiro atoms. The second kappa shape index (κ2) is 8.60. The summed E-state index contributed by atoms with van der Waals surface area (Å²) >= 11 is 0. The van der Waals surface area contributed by atoms with E-state index in [1.54, 1.807) is 36.1 Å². The summed E-state index contributed by atoms with van der Waals surface area (Å²) in [6.45, 7) is 2.38. The zero-order valence-corrected chi connectivity index (χ0v) is 17.4. The Morgan fingerprint density at radius 2 is 1.91 bits per heavy atom. The van der Waals surface area contributed by atoms with Crippen molar-refractivity contribution in [1.29, 1.82) is 5.41 Å². The Morgan fingerprint density at radius 3 is 2.56 bits per heavy atom. The third kappa shape index (κ3) is 4.30. The molecule has 0 aliphatic carbocycles. The Labute approximate surface area is 183 Å². The minimum atomic E-state index is -4.43. The van der Waals surface area contributed by atoms with Crippen LogP contribution in [0.1, 0.15) is 34.5 Å². The molecule has 0 saturated carbocycles. The van der Waals surface area contributed by atoms with Crippen molar-refractivity contribution in [3.8, 4) is 0 Å². The molecular formula is C22H23F3N6O. The van der Waals surface area contributed by atoms with Crippen LogP contribution in [0, 0.1) is 12.3 Å². The van der Waals surface area contributed by atoms with E-state index in [1.165, 1.54) is 6.21 Å². The number of likely N-dealkylation sites (tertiary alicyclic amines) is 1. The number of nitrogens with one attached hydrogen (secondary N) is 2. The van der Waals surface area contributed by atoms with E-state index in [2.05, 4.69) is 15.5 Å². The van der Waals surface area contributed by atoms with Crippen LogP contribution in [0.2, 0.25) is 0 Å². The lowest BCUT2D eigenvalue weighted by molar-refractivity contribution is -0.137. The summed E-state index contributed by atoms with van der Waals surface area (Å²) in [5.74, 6) is 0.155. The summed E-state index contributed by atoms with van der Waals surface area (Å²) in [5, 5.41) is 10.9. The predicted molar refractivity (Wildman–Crippen MR) is 117 cm³/mol. The molecule has 1 amide bonds. The second-order valence-electron chi connectivity index (χ2n) is 7.96. The fraction of sp³-hybridized carbons (Fsp3) is 0.364. The van der Waals surface area contributed by atoms with Crippen molar-refractivity contribution in [2.24, 2.45) is 5.10 Å². The van der Waals surface area contributed by atoms with Crippen LogP contribution in [0.3, 0.4) is 0 Å². The number of carbonyl (C=O) groups is 1. The van der Waals surface area contributed by atoms with Gasteiger partial charge in [0.25, 0.3) is 5.91 Å². The molecule has 1 aromatic heterocycles. The third-order valence-electron chi connectivity index (χ3n) is 5.79. The Kier molecular flexibility index (Phi) is 5.86. The van der Waals surface area contributed by atoms with Gasteiger partial charge in [-0.2, -0.15) is 18.3 Å². The summed E-state index contributed by atoms with van der Waals surface area (Å²) in [4.78, 5) is 21.3. The van der Waals surface area contributed by atoms with Gasteiger partial charge in [0.1, 0.15) is 5.82 Å². The summed E-state index contributed by atoms with van der Waals surface area (Å²) in [7, 11) is 0. The zero-order chi connectivity index (χ0) is 22.9. The average Bonchev–Trinajstić information content (AvgIpc) is 3.02. The number of rotatable bonds is 5. The molecule has 7 nitrogen and oxygen atoms in total. The number of aromatic nitrogens is 1. The molecule has 2 fully saturated rings. The van der Waals surface area contributed by atoms with Gasteiger partial charge in [0.15, 0.2) is 0 Å². The summed E-state index contributed by atoms with van der Waals surface area (Å²) < 4.78 is 39.9. The maximum Gasteiger partial charge on any atom is 0.416 e. The minimum absolute atomic E-state index is 0.0934. The van der Waals surface area contributed by atoms with Gasteiger partial charge in [0.05, 0.1) is 23.0 Å². The molecule has 0 radical (unpaired) electrons. The van der Waals surface area contributed by atoms with Crippen LogP contribution >= 0.6 is 0 Å². The number of carbonyl (C=O) groups excluding carboxylic acids is 1. The van der Waals surface area contributed by atoms with Gasteiger partial charge in [-0.3, -0.25) is 10.2 Å². The molecule has 2 aliphatic heterocycles. The SMILES string of the molecule is Cc1cc(C(F)(F)F)cc(N2C3CCC2CN(C(=O)c2ccccc2N/N=C\C=N)C3)n1. The lowest BCUT2D eigenvalue weighted by Gasteiger charge is -2.42. The Balaban J connectivity index is 1.56. The highest BCUT2D eigenvalue weighted by Gasteiger charge is 2.43. The quantitative estimate of drug-likeness (QED) is 0.540. The Morgan fingerprint density at radius 1 is 1.22 bits per heavy atom. The molecule has 2 unspecified atom stereocenters. The smallest absolute Gasteiger partial charge is 0.347 e. The molecule has 4 rings (SSSR count). The van der Waals surface area contributed by atoms with Crippen LogP contribution in [0.25, 0.3) is 0 Å². The number of anilines is 2. The number of hydrogen-bond acceptors (Lipinski definition) is 6. The number of amides is 1. The van der Waals surface area contributed by atoms with Crippen LogP contribution in [-0.4, -0.2) is 53.4 Å². The van der Waals surface area contributed by atoms with Crippen LogP contribution in [0.5, 0.6) is 0 Å². The topological polar surface area (TPSA) is 84.7 Å². The Hall–Kier alpha value is -3.43. The monoisotopic (exact) mass is 444 g/mol. The van der Waals surface area contributed by atoms with Gasteiger partial charge >= 0.3 is 6.18 Å². The molecule has 1 aromatic carbocycles. The maximum atomic E-state index is 13.3. The standard InChI is InChI=1S/C22H23F3N6O/c1-14-10-15(22(23,24)25)11-20(28-14)31-16-6-7-17(31)13-30(12-16)21(32)18-4-2-3-5-19(18)29-27-9-8-26/h2-5,8-11,16-17,26,29H,6-7,12-13H2,1H3/b26-8?,27-9-. The van der Waals surface area contributed by atoms with Crippen molar-refractivity contribution in [2.45, 2.75) is 38.0 Å². The lowest BCUT2D eigenvalue weighted by Crippen LogP contribution is -2.55. The van der Waals surface area contributed by atoms with Gasteiger partial charge in [0.2, 0.25) is 0 Å². The number of aryl methyl sites for hydroxylation is 1. The summed E-state index contributed by atoms with van der Waals surface area (Å²) in [6.07, 6.45) is -0.567. The van der Waals surface area contributed by atoms with E-state index in [1.807, 2.05) is 4.90 Å². The van der Waals surface area contributed by atoms with E-state index in [9.17, 15) is 18.0 Å². The molecule has 2 saturated heterocycles. The molecule has 2 aliphatic rings. The normalized spacial score (nSPS) is 20.6. The molecule has 2 atom stereocenters.